The normalized spacial score (nSPS) is 9.75. The van der Waals surface area contributed by atoms with Gasteiger partial charge in [-0.2, -0.15) is 0 Å². The van der Waals surface area contributed by atoms with Crippen LogP contribution in [0.5, 0.6) is 0 Å². The van der Waals surface area contributed by atoms with Crippen LogP contribution in [0.2, 0.25) is 0 Å². The molecule has 0 aromatic carbocycles. The maximum absolute atomic E-state index is 9.00. The molecule has 0 unspecified atom stereocenters. The van der Waals surface area contributed by atoms with Gasteiger partial charge in [0.1, 0.15) is 0 Å². The summed E-state index contributed by atoms with van der Waals surface area (Å²) < 4.78 is 8.88. The lowest BCUT2D eigenvalue weighted by molar-refractivity contribution is -0.134. The maximum atomic E-state index is 9.00. The predicted molar refractivity (Wildman–Crippen MR) is 61.0 cm³/mol. The highest BCUT2D eigenvalue weighted by Gasteiger charge is 2.00. The van der Waals surface area contributed by atoms with E-state index >= 15 is 0 Å². The van der Waals surface area contributed by atoms with E-state index in [0.717, 1.165) is 6.92 Å². The molecule has 0 rings (SSSR count). The van der Waals surface area contributed by atoms with Gasteiger partial charge in [0, 0.05) is 6.92 Å². The van der Waals surface area contributed by atoms with Crippen molar-refractivity contribution in [1.29, 1.82) is 0 Å². The Bertz CT molecular complexity index is 183. The lowest BCUT2D eigenvalue weighted by atomic mass is 10.5. The van der Waals surface area contributed by atoms with Gasteiger partial charge in [-0.05, 0) is 19.6 Å². The summed E-state index contributed by atoms with van der Waals surface area (Å²) in [6, 6.07) is 0. The van der Waals surface area contributed by atoms with Gasteiger partial charge in [-0.15, -0.1) is 0 Å². The molecule has 0 amide bonds. The zero-order valence-corrected chi connectivity index (χ0v) is 11.0. The molecular weight excluding hydrogens is 237 g/mol. The molecule has 0 aromatic heterocycles. The van der Waals surface area contributed by atoms with E-state index < -0.39 is 13.8 Å². The summed E-state index contributed by atoms with van der Waals surface area (Å²) in [6.07, 6.45) is 0. The van der Waals surface area contributed by atoms with Gasteiger partial charge >= 0.3 is 7.82 Å². The van der Waals surface area contributed by atoms with Gasteiger partial charge in [0.2, 0.25) is 0 Å². The standard InChI is InChI=1S/C6H15N.C2H4O2.H3O4P/c1-4-7(5-2)6-3;1-2(3)4;1-5(2,3)4/h4-6H2,1-3H3;1H3,(H,3,4);(H3,1,2,3,4). The van der Waals surface area contributed by atoms with Crippen LogP contribution in [0.4, 0.5) is 0 Å². The highest BCUT2D eigenvalue weighted by Crippen LogP contribution is 2.25. The molecule has 7 nitrogen and oxygen atoms in total. The summed E-state index contributed by atoms with van der Waals surface area (Å²) >= 11 is 0. The van der Waals surface area contributed by atoms with Crippen molar-refractivity contribution < 1.29 is 29.1 Å². The summed E-state index contributed by atoms with van der Waals surface area (Å²) in [6.45, 7) is 11.2. The van der Waals surface area contributed by atoms with Crippen LogP contribution < -0.4 is 0 Å². The van der Waals surface area contributed by atoms with Crippen molar-refractivity contribution >= 4 is 13.8 Å². The molecule has 8 heteroatoms. The van der Waals surface area contributed by atoms with Crippen molar-refractivity contribution in [3.8, 4) is 0 Å². The van der Waals surface area contributed by atoms with Crippen LogP contribution in [0, 0.1) is 0 Å². The number of hydrogen-bond acceptors (Lipinski definition) is 3. The summed E-state index contributed by atoms with van der Waals surface area (Å²) in [5, 5.41) is 7.42. The molecule has 0 heterocycles. The van der Waals surface area contributed by atoms with Crippen molar-refractivity contribution in [2.24, 2.45) is 0 Å². The fourth-order valence-corrected chi connectivity index (χ4v) is 0.671. The summed E-state index contributed by atoms with van der Waals surface area (Å²) in [5.74, 6) is -0.833. The molecule has 0 bridgehead atoms. The van der Waals surface area contributed by atoms with E-state index in [1.165, 1.54) is 19.6 Å². The molecule has 0 aliphatic heterocycles. The number of rotatable bonds is 3. The highest BCUT2D eigenvalue weighted by atomic mass is 31.2. The van der Waals surface area contributed by atoms with E-state index in [4.69, 9.17) is 29.1 Å². The van der Waals surface area contributed by atoms with Crippen LogP contribution in [0.25, 0.3) is 0 Å². The third kappa shape index (κ3) is 69.4. The number of phosphoric acid groups is 1. The Hall–Kier alpha value is -0.460. The second kappa shape index (κ2) is 12.6. The summed E-state index contributed by atoms with van der Waals surface area (Å²) in [4.78, 5) is 32.9. The van der Waals surface area contributed by atoms with Crippen LogP contribution in [-0.4, -0.2) is 50.3 Å². The van der Waals surface area contributed by atoms with Gasteiger partial charge < -0.3 is 24.7 Å². The van der Waals surface area contributed by atoms with Gasteiger partial charge in [0.25, 0.3) is 5.97 Å². The first-order valence-corrected chi connectivity index (χ1v) is 6.35. The second-order valence-electron chi connectivity index (χ2n) is 2.65. The summed E-state index contributed by atoms with van der Waals surface area (Å²) in [7, 11) is -4.64. The van der Waals surface area contributed by atoms with Gasteiger partial charge in [-0.25, -0.2) is 4.57 Å². The van der Waals surface area contributed by atoms with Crippen LogP contribution in [-0.2, 0) is 9.36 Å². The zero-order valence-electron chi connectivity index (χ0n) is 10.1. The fraction of sp³-hybridized carbons (Fsp3) is 0.875. The number of nitrogens with zero attached hydrogens (tertiary/aromatic N) is 1. The quantitative estimate of drug-likeness (QED) is 0.545. The molecule has 4 N–H and O–H groups in total. The predicted octanol–water partition coefficient (Wildman–Crippen LogP) is 0.510. The topological polar surface area (TPSA) is 118 Å². The molecule has 0 spiro atoms. The SMILES string of the molecule is CC(=O)O.CCN(CC)CC.O=P(O)(O)O. The molecule has 0 saturated carbocycles. The minimum atomic E-state index is -4.64. The molecular formula is C8H22NO6P. The first kappa shape index (κ1) is 20.9. The van der Waals surface area contributed by atoms with Crippen LogP contribution >= 0.6 is 7.82 Å². The molecule has 0 fully saturated rings. The van der Waals surface area contributed by atoms with E-state index in [-0.39, 0.29) is 0 Å². The lowest BCUT2D eigenvalue weighted by Crippen LogP contribution is -2.21. The molecule has 0 saturated heterocycles. The van der Waals surface area contributed by atoms with Crippen molar-refractivity contribution in [1.82, 2.24) is 4.90 Å². The monoisotopic (exact) mass is 259 g/mol. The maximum Gasteiger partial charge on any atom is 0.466 e. The number of carbonyl (C=O) groups is 1. The number of carboxylic acid groups (broad SMARTS) is 1. The number of carboxylic acids is 1. The first-order chi connectivity index (χ1) is 7.08. The first-order valence-electron chi connectivity index (χ1n) is 4.78. The van der Waals surface area contributed by atoms with E-state index in [2.05, 4.69) is 25.7 Å². The van der Waals surface area contributed by atoms with Crippen molar-refractivity contribution in [2.75, 3.05) is 19.6 Å². The molecule has 0 radical (unpaired) electrons. The lowest BCUT2D eigenvalue weighted by Gasteiger charge is -2.13. The van der Waals surface area contributed by atoms with E-state index in [9.17, 15) is 0 Å². The van der Waals surface area contributed by atoms with Gasteiger partial charge in [-0.3, -0.25) is 4.79 Å². The Morgan fingerprint density at radius 1 is 1.06 bits per heavy atom. The third-order valence-electron chi connectivity index (χ3n) is 1.34. The molecule has 100 valence electrons. The van der Waals surface area contributed by atoms with Gasteiger partial charge in [0.15, 0.2) is 0 Å². The Kier molecular flexibility index (Phi) is 16.5. The molecule has 16 heavy (non-hydrogen) atoms. The average Bonchev–Trinajstić information content (AvgIpc) is 2.03. The van der Waals surface area contributed by atoms with Crippen molar-refractivity contribution in [3.63, 3.8) is 0 Å². The average molecular weight is 259 g/mol. The Labute approximate surface area is 96.0 Å². The van der Waals surface area contributed by atoms with E-state index in [1.807, 2.05) is 0 Å². The zero-order chi connectivity index (χ0) is 13.8. The molecule has 0 aromatic rings. The van der Waals surface area contributed by atoms with Crippen LogP contribution in [0.3, 0.4) is 0 Å². The Balaban J connectivity index is -0.000000166. The van der Waals surface area contributed by atoms with E-state index in [1.54, 1.807) is 0 Å². The highest BCUT2D eigenvalue weighted by molar-refractivity contribution is 7.45. The Morgan fingerprint density at radius 3 is 1.19 bits per heavy atom. The van der Waals surface area contributed by atoms with Gasteiger partial charge in [0.05, 0.1) is 0 Å². The molecule has 0 aliphatic rings. The summed E-state index contributed by atoms with van der Waals surface area (Å²) in [5.41, 5.74) is 0. The fourth-order valence-electron chi connectivity index (χ4n) is 0.671. The van der Waals surface area contributed by atoms with Crippen LogP contribution in [0.15, 0.2) is 0 Å². The van der Waals surface area contributed by atoms with Crippen molar-refractivity contribution in [2.45, 2.75) is 27.7 Å². The molecule has 0 atom stereocenters. The minimum absolute atomic E-state index is 0.833. The largest absolute Gasteiger partial charge is 0.481 e. The Morgan fingerprint density at radius 2 is 1.19 bits per heavy atom. The second-order valence-corrected chi connectivity index (χ2v) is 3.68. The number of hydrogen-bond donors (Lipinski definition) is 4. The molecule has 0 aliphatic carbocycles. The van der Waals surface area contributed by atoms with Crippen LogP contribution in [0.1, 0.15) is 27.7 Å². The number of aliphatic carboxylic acids is 1. The smallest absolute Gasteiger partial charge is 0.466 e. The third-order valence-corrected chi connectivity index (χ3v) is 1.34. The van der Waals surface area contributed by atoms with Gasteiger partial charge in [-0.1, -0.05) is 20.8 Å². The van der Waals surface area contributed by atoms with Crippen molar-refractivity contribution in [3.05, 3.63) is 0 Å². The van der Waals surface area contributed by atoms with E-state index in [0.29, 0.717) is 0 Å². The minimum Gasteiger partial charge on any atom is -0.481 e.